The molecule has 1 spiro atoms. The number of hydrogen-bond acceptors (Lipinski definition) is 6. The number of rotatable bonds is 3. The van der Waals surface area contributed by atoms with E-state index in [9.17, 15) is 9.59 Å². The van der Waals surface area contributed by atoms with Crippen molar-refractivity contribution in [1.82, 2.24) is 34.8 Å². The second-order valence-electron chi connectivity index (χ2n) is 9.49. The Hall–Kier alpha value is -2.75. The minimum atomic E-state index is -0.144. The quantitative estimate of drug-likeness (QED) is 0.774. The third kappa shape index (κ3) is 4.15. The van der Waals surface area contributed by atoms with Crippen LogP contribution in [0.4, 0.5) is 0 Å². The van der Waals surface area contributed by atoms with Gasteiger partial charge in [-0.2, -0.15) is 5.10 Å². The summed E-state index contributed by atoms with van der Waals surface area (Å²) >= 11 is 0. The van der Waals surface area contributed by atoms with Crippen LogP contribution in [-0.4, -0.2) is 67.0 Å². The maximum Gasteiger partial charge on any atom is 0.289 e. The van der Waals surface area contributed by atoms with E-state index in [2.05, 4.69) is 20.6 Å². The van der Waals surface area contributed by atoms with Crippen molar-refractivity contribution in [2.45, 2.75) is 64.1 Å². The van der Waals surface area contributed by atoms with Crippen molar-refractivity contribution in [3.63, 3.8) is 0 Å². The van der Waals surface area contributed by atoms with Gasteiger partial charge >= 0.3 is 0 Å². The van der Waals surface area contributed by atoms with Gasteiger partial charge in [-0.3, -0.25) is 14.3 Å². The van der Waals surface area contributed by atoms with Crippen LogP contribution in [0.25, 0.3) is 0 Å². The molecule has 1 aliphatic carbocycles. The van der Waals surface area contributed by atoms with E-state index in [0.717, 1.165) is 38.5 Å². The lowest BCUT2D eigenvalue weighted by Crippen LogP contribution is -2.47. The minimum absolute atomic E-state index is 0.0347. The number of fused-ring (bicyclic) bond motifs is 1. The van der Waals surface area contributed by atoms with Crippen molar-refractivity contribution in [3.05, 3.63) is 29.6 Å². The molecule has 0 radical (unpaired) electrons. The van der Waals surface area contributed by atoms with Crippen LogP contribution in [0.3, 0.4) is 0 Å². The third-order valence-electron chi connectivity index (χ3n) is 7.15. The number of aromatic nitrogens is 5. The van der Waals surface area contributed by atoms with E-state index in [1.165, 1.54) is 6.42 Å². The Labute approximate surface area is 187 Å². The number of carbonyl (C=O) groups excluding carboxylic acids is 2. The molecule has 2 aromatic rings. The average Bonchev–Trinajstić information content (AvgIpc) is 3.36. The fourth-order valence-electron chi connectivity index (χ4n) is 5.19. The van der Waals surface area contributed by atoms with E-state index >= 15 is 0 Å². The molecular weight excluding hydrogens is 410 g/mol. The number of likely N-dealkylation sites (tertiary alicyclic amines) is 1. The number of ether oxygens (including phenoxy) is 1. The SMILES string of the molecule is Cn1ccc(C(=O)N2CCC3(CC2)COCc2nnc(C(=O)NC4CCCCC4)n2C3)n1. The van der Waals surface area contributed by atoms with Crippen molar-refractivity contribution >= 4 is 11.8 Å². The molecule has 2 aromatic heterocycles. The monoisotopic (exact) mass is 441 g/mol. The summed E-state index contributed by atoms with van der Waals surface area (Å²) in [5.74, 6) is 0.896. The number of carbonyl (C=O) groups is 2. The van der Waals surface area contributed by atoms with Crippen LogP contribution < -0.4 is 5.32 Å². The first-order valence-corrected chi connectivity index (χ1v) is 11.6. The first-order valence-electron chi connectivity index (χ1n) is 11.6. The predicted octanol–water partition coefficient (Wildman–Crippen LogP) is 1.53. The zero-order chi connectivity index (χ0) is 22.1. The number of hydrogen-bond donors (Lipinski definition) is 1. The Morgan fingerprint density at radius 2 is 1.94 bits per heavy atom. The molecule has 2 amide bonds. The fourth-order valence-corrected chi connectivity index (χ4v) is 5.19. The summed E-state index contributed by atoms with van der Waals surface area (Å²) in [6.45, 7) is 2.85. The number of nitrogens with zero attached hydrogens (tertiary/aromatic N) is 6. The maximum absolute atomic E-state index is 13.0. The largest absolute Gasteiger partial charge is 0.373 e. The second-order valence-corrected chi connectivity index (χ2v) is 9.49. The van der Waals surface area contributed by atoms with E-state index in [1.54, 1.807) is 16.9 Å². The Balaban J connectivity index is 1.28. The lowest BCUT2D eigenvalue weighted by atomic mass is 9.78. The Morgan fingerprint density at radius 3 is 2.66 bits per heavy atom. The molecule has 10 heteroatoms. The van der Waals surface area contributed by atoms with Crippen molar-refractivity contribution in [2.24, 2.45) is 12.5 Å². The molecule has 172 valence electrons. The van der Waals surface area contributed by atoms with Crippen molar-refractivity contribution in [2.75, 3.05) is 19.7 Å². The van der Waals surface area contributed by atoms with Gasteiger partial charge in [-0.15, -0.1) is 10.2 Å². The average molecular weight is 442 g/mol. The van der Waals surface area contributed by atoms with Gasteiger partial charge in [0.05, 0.1) is 6.61 Å². The summed E-state index contributed by atoms with van der Waals surface area (Å²) in [4.78, 5) is 27.6. The molecule has 3 aliphatic rings. The molecule has 5 rings (SSSR count). The molecule has 32 heavy (non-hydrogen) atoms. The number of aryl methyl sites for hydroxylation is 1. The minimum Gasteiger partial charge on any atom is -0.373 e. The first-order chi connectivity index (χ1) is 15.5. The van der Waals surface area contributed by atoms with Gasteiger partial charge in [0.25, 0.3) is 11.8 Å². The van der Waals surface area contributed by atoms with Gasteiger partial charge in [-0.1, -0.05) is 19.3 Å². The van der Waals surface area contributed by atoms with Crippen molar-refractivity contribution in [1.29, 1.82) is 0 Å². The molecule has 1 N–H and O–H groups in total. The summed E-state index contributed by atoms with van der Waals surface area (Å²) in [5, 5.41) is 15.9. The predicted molar refractivity (Wildman–Crippen MR) is 115 cm³/mol. The van der Waals surface area contributed by atoms with Crippen LogP contribution >= 0.6 is 0 Å². The highest BCUT2D eigenvalue weighted by atomic mass is 16.5. The fraction of sp³-hybridized carbons (Fsp3) is 0.682. The van der Waals surface area contributed by atoms with Gasteiger partial charge in [-0.05, 0) is 31.7 Å². The van der Waals surface area contributed by atoms with Crippen LogP contribution in [-0.2, 0) is 24.9 Å². The first kappa shape index (κ1) is 21.1. The van der Waals surface area contributed by atoms with E-state index in [4.69, 9.17) is 4.74 Å². The molecule has 10 nitrogen and oxygen atoms in total. The van der Waals surface area contributed by atoms with E-state index in [0.29, 0.717) is 50.2 Å². The summed E-state index contributed by atoms with van der Waals surface area (Å²) in [7, 11) is 1.81. The molecule has 0 bridgehead atoms. The molecule has 1 saturated carbocycles. The third-order valence-corrected chi connectivity index (χ3v) is 7.15. The summed E-state index contributed by atoms with van der Waals surface area (Å²) in [5.41, 5.74) is 0.331. The summed E-state index contributed by atoms with van der Waals surface area (Å²) < 4.78 is 9.56. The normalized spacial score (nSPS) is 21.2. The maximum atomic E-state index is 13.0. The lowest BCUT2D eigenvalue weighted by Gasteiger charge is -2.40. The Bertz CT molecular complexity index is 984. The molecule has 2 aliphatic heterocycles. The number of amides is 2. The van der Waals surface area contributed by atoms with Gasteiger partial charge in [0.1, 0.15) is 12.3 Å². The number of nitrogens with one attached hydrogen (secondary N) is 1. The summed E-state index contributed by atoms with van der Waals surface area (Å²) in [6.07, 6.45) is 9.00. The van der Waals surface area contributed by atoms with Gasteiger partial charge in [0.2, 0.25) is 5.82 Å². The van der Waals surface area contributed by atoms with Gasteiger partial charge in [0, 0.05) is 44.3 Å². The molecule has 0 atom stereocenters. The van der Waals surface area contributed by atoms with Gasteiger partial charge in [-0.25, -0.2) is 0 Å². The highest BCUT2D eigenvalue weighted by Gasteiger charge is 2.40. The van der Waals surface area contributed by atoms with Crippen LogP contribution in [0, 0.1) is 5.41 Å². The molecular formula is C22H31N7O3. The molecule has 0 aromatic carbocycles. The Kier molecular flexibility index (Phi) is 5.71. The van der Waals surface area contributed by atoms with E-state index in [1.807, 2.05) is 16.5 Å². The molecule has 1 saturated heterocycles. The van der Waals surface area contributed by atoms with E-state index in [-0.39, 0.29) is 23.3 Å². The molecule has 2 fully saturated rings. The zero-order valence-corrected chi connectivity index (χ0v) is 18.6. The van der Waals surface area contributed by atoms with Crippen LogP contribution in [0.2, 0.25) is 0 Å². The standard InChI is InChI=1S/C22H31N7O3/c1-27-10-7-17(26-27)21(31)28-11-8-22(9-12-28)14-29-18(13-32-15-22)24-25-19(29)20(30)23-16-5-3-2-4-6-16/h7,10,16H,2-6,8-9,11-15H2,1H3,(H,23,30). The zero-order valence-electron chi connectivity index (χ0n) is 18.6. The summed E-state index contributed by atoms with van der Waals surface area (Å²) in [6, 6.07) is 1.98. The van der Waals surface area contributed by atoms with Crippen molar-refractivity contribution in [3.8, 4) is 0 Å². The molecule has 0 unspecified atom stereocenters. The van der Waals surface area contributed by atoms with Crippen LogP contribution in [0.5, 0.6) is 0 Å². The second kappa shape index (κ2) is 8.65. The smallest absolute Gasteiger partial charge is 0.289 e. The number of piperidine rings is 1. The topological polar surface area (TPSA) is 107 Å². The van der Waals surface area contributed by atoms with Gasteiger partial charge < -0.3 is 19.5 Å². The van der Waals surface area contributed by atoms with Crippen LogP contribution in [0.15, 0.2) is 12.3 Å². The van der Waals surface area contributed by atoms with E-state index < -0.39 is 0 Å². The molecule has 4 heterocycles. The van der Waals surface area contributed by atoms with Crippen LogP contribution in [0.1, 0.15) is 71.9 Å². The van der Waals surface area contributed by atoms with Gasteiger partial charge in [0.15, 0.2) is 5.82 Å². The highest BCUT2D eigenvalue weighted by molar-refractivity contribution is 5.92. The lowest BCUT2D eigenvalue weighted by molar-refractivity contribution is -0.00218. The Morgan fingerprint density at radius 1 is 1.16 bits per heavy atom. The van der Waals surface area contributed by atoms with Crippen molar-refractivity contribution < 1.29 is 14.3 Å². The highest BCUT2D eigenvalue weighted by Crippen LogP contribution is 2.36.